The highest BCUT2D eigenvalue weighted by Crippen LogP contribution is 2.38. The number of rotatable bonds is 3. The molecule has 9 nitrogen and oxygen atoms in total. The molecule has 1 aromatic carbocycles. The Bertz CT molecular complexity index is 1310. The van der Waals surface area contributed by atoms with Crippen LogP contribution in [-0.2, 0) is 9.31 Å². The molecule has 5 rings (SSSR count). The van der Waals surface area contributed by atoms with Crippen LogP contribution in [0.3, 0.4) is 0 Å². The van der Waals surface area contributed by atoms with Crippen LogP contribution in [0.25, 0.3) is 16.7 Å². The van der Waals surface area contributed by atoms with E-state index in [2.05, 4.69) is 9.97 Å². The fourth-order valence-electron chi connectivity index (χ4n) is 4.76. The number of hydrogen-bond acceptors (Lipinski definition) is 6. The molecule has 0 saturated carbocycles. The van der Waals surface area contributed by atoms with Crippen LogP contribution in [0.1, 0.15) is 34.6 Å². The van der Waals surface area contributed by atoms with Crippen molar-refractivity contribution in [1.82, 2.24) is 19.4 Å². The molecule has 1 N–H and O–H groups in total. The van der Waals surface area contributed by atoms with Crippen molar-refractivity contribution in [3.05, 3.63) is 42.4 Å². The van der Waals surface area contributed by atoms with Gasteiger partial charge in [0.1, 0.15) is 29.4 Å². The summed E-state index contributed by atoms with van der Waals surface area (Å²) < 4.78 is 42.6. The number of nitrogens with zero attached hydrogens (tertiary/aromatic N) is 5. The molecule has 0 aliphatic carbocycles. The zero-order chi connectivity index (χ0) is 26.0. The molecule has 4 heterocycles. The summed E-state index contributed by atoms with van der Waals surface area (Å²) in [7, 11) is -0.780. The molecule has 12 heteroatoms. The first-order chi connectivity index (χ1) is 16.9. The fourth-order valence-corrected chi connectivity index (χ4v) is 4.76. The van der Waals surface area contributed by atoms with E-state index in [9.17, 15) is 18.7 Å². The first kappa shape index (κ1) is 24.4. The van der Waals surface area contributed by atoms with E-state index in [1.54, 1.807) is 10.8 Å². The molecule has 2 aromatic heterocycles. The second kappa shape index (κ2) is 8.41. The summed E-state index contributed by atoms with van der Waals surface area (Å²) in [5.74, 6) is -0.841. The van der Waals surface area contributed by atoms with E-state index in [0.717, 1.165) is 6.07 Å². The molecule has 0 radical (unpaired) electrons. The highest BCUT2D eigenvalue weighted by atomic mass is 19.1. The first-order valence-corrected chi connectivity index (χ1v) is 11.8. The van der Waals surface area contributed by atoms with Crippen LogP contribution in [-0.4, -0.2) is 74.6 Å². The Kier molecular flexibility index (Phi) is 5.71. The Balaban J connectivity index is 1.69. The van der Waals surface area contributed by atoms with E-state index in [0.29, 0.717) is 41.9 Å². The Morgan fingerprint density at radius 2 is 1.72 bits per heavy atom. The zero-order valence-corrected chi connectivity index (χ0v) is 20.8. The molecular weight excluding hydrogens is 471 g/mol. The molecule has 2 fully saturated rings. The molecule has 3 aromatic rings. The van der Waals surface area contributed by atoms with Crippen molar-refractivity contribution in [3.8, 4) is 5.69 Å². The molecule has 2 aliphatic rings. The summed E-state index contributed by atoms with van der Waals surface area (Å²) in [6.45, 7) is 10.7. The normalized spacial score (nSPS) is 21.4. The number of amides is 1. The van der Waals surface area contributed by atoms with Crippen molar-refractivity contribution in [1.29, 1.82) is 0 Å². The van der Waals surface area contributed by atoms with Crippen molar-refractivity contribution in [2.45, 2.75) is 51.9 Å². The zero-order valence-electron chi connectivity index (χ0n) is 20.8. The van der Waals surface area contributed by atoms with Gasteiger partial charge in [0.2, 0.25) is 0 Å². The number of carboxylic acid groups (broad SMARTS) is 1. The van der Waals surface area contributed by atoms with Gasteiger partial charge in [-0.15, -0.1) is 0 Å². The van der Waals surface area contributed by atoms with Crippen molar-refractivity contribution in [2.75, 3.05) is 24.5 Å². The number of carbonyl (C=O) groups is 1. The summed E-state index contributed by atoms with van der Waals surface area (Å²) in [6.07, 6.45) is 2.15. The molecule has 36 heavy (non-hydrogen) atoms. The molecule has 0 spiro atoms. The summed E-state index contributed by atoms with van der Waals surface area (Å²) >= 11 is 0. The maximum atomic E-state index is 14.2. The van der Waals surface area contributed by atoms with Crippen LogP contribution < -0.4 is 10.4 Å². The van der Waals surface area contributed by atoms with Gasteiger partial charge in [-0.2, -0.15) is 0 Å². The highest BCUT2D eigenvalue weighted by Gasteiger charge is 2.53. The topological polar surface area (TPSA) is 93.0 Å². The number of aromatic nitrogens is 3. The lowest BCUT2D eigenvalue weighted by atomic mass is 9.79. The number of hydrogen-bond donors (Lipinski definition) is 1. The molecular formula is C24H28BF2N5O4. The highest BCUT2D eigenvalue weighted by molar-refractivity contribution is 6.65. The largest absolute Gasteiger partial charge is 0.497 e. The number of benzene rings is 1. The smallest absolute Gasteiger partial charge is 0.465 e. The molecule has 190 valence electrons. The van der Waals surface area contributed by atoms with E-state index < -0.39 is 36.0 Å². The van der Waals surface area contributed by atoms with E-state index in [-0.39, 0.29) is 11.7 Å². The lowest BCUT2D eigenvalue weighted by Gasteiger charge is -2.39. The quantitative estimate of drug-likeness (QED) is 0.554. The van der Waals surface area contributed by atoms with Gasteiger partial charge in [0.25, 0.3) is 0 Å². The first-order valence-electron chi connectivity index (χ1n) is 11.8. The van der Waals surface area contributed by atoms with Crippen molar-refractivity contribution in [2.24, 2.45) is 0 Å². The minimum Gasteiger partial charge on any atom is -0.465 e. The van der Waals surface area contributed by atoms with Gasteiger partial charge in [0.15, 0.2) is 0 Å². The van der Waals surface area contributed by atoms with Gasteiger partial charge < -0.3 is 28.8 Å². The fraction of sp³-hybridized carbons (Fsp3) is 0.458. The number of piperazine rings is 1. The number of anilines is 1. The Morgan fingerprint density at radius 3 is 2.31 bits per heavy atom. The van der Waals surface area contributed by atoms with E-state index in [1.807, 2.05) is 39.5 Å². The van der Waals surface area contributed by atoms with Crippen LogP contribution in [0.4, 0.5) is 19.4 Å². The Labute approximate surface area is 207 Å². The number of halogens is 2. The lowest BCUT2D eigenvalue weighted by Crippen LogP contribution is -2.54. The Morgan fingerprint density at radius 1 is 1.08 bits per heavy atom. The lowest BCUT2D eigenvalue weighted by molar-refractivity contribution is 0.00578. The van der Waals surface area contributed by atoms with Crippen molar-refractivity contribution >= 4 is 35.5 Å². The summed E-state index contributed by atoms with van der Waals surface area (Å²) in [6, 6.07) is 3.10. The molecule has 1 amide bonds. The van der Waals surface area contributed by atoms with Crippen LogP contribution in [0.5, 0.6) is 0 Å². The van der Waals surface area contributed by atoms with Crippen LogP contribution in [0.2, 0.25) is 0 Å². The Hall–Kier alpha value is -3.25. The molecule has 1 atom stereocenters. The van der Waals surface area contributed by atoms with Crippen LogP contribution in [0.15, 0.2) is 30.7 Å². The van der Waals surface area contributed by atoms with Gasteiger partial charge in [-0.1, -0.05) is 0 Å². The minimum absolute atomic E-state index is 0.172. The van der Waals surface area contributed by atoms with E-state index in [1.165, 1.54) is 23.4 Å². The second-order valence-corrected chi connectivity index (χ2v) is 10.3. The predicted molar refractivity (Wildman–Crippen MR) is 131 cm³/mol. The maximum Gasteiger partial charge on any atom is 0.497 e. The van der Waals surface area contributed by atoms with Crippen molar-refractivity contribution < 1.29 is 28.0 Å². The number of fused-ring (bicyclic) bond motifs is 1. The van der Waals surface area contributed by atoms with E-state index in [4.69, 9.17) is 9.31 Å². The van der Waals surface area contributed by atoms with Gasteiger partial charge in [-0.25, -0.2) is 23.5 Å². The summed E-state index contributed by atoms with van der Waals surface area (Å²) in [4.78, 5) is 23.9. The molecule has 2 saturated heterocycles. The molecule has 0 bridgehead atoms. The third-order valence-electron chi connectivity index (χ3n) is 7.40. The summed E-state index contributed by atoms with van der Waals surface area (Å²) in [5.41, 5.74) is 0.0774. The van der Waals surface area contributed by atoms with Crippen LogP contribution >= 0.6 is 0 Å². The predicted octanol–water partition coefficient (Wildman–Crippen LogP) is 3.19. The van der Waals surface area contributed by atoms with Crippen molar-refractivity contribution in [3.63, 3.8) is 0 Å². The minimum atomic E-state index is -0.966. The van der Waals surface area contributed by atoms with Gasteiger partial charge in [-0.3, -0.25) is 0 Å². The average Bonchev–Trinajstić information content (AvgIpc) is 3.27. The maximum absolute atomic E-state index is 14.2. The molecule has 2 aliphatic heterocycles. The monoisotopic (exact) mass is 499 g/mol. The molecule has 1 unspecified atom stereocenters. The SMILES string of the molecule is CC1CN(C(=O)O)CCN1c1ncnc2c1c(B1OC(C)(C)C(C)(C)O1)cn2-c1cc(F)cc(F)c1. The average molecular weight is 499 g/mol. The van der Waals surface area contributed by atoms with Gasteiger partial charge in [0.05, 0.1) is 22.3 Å². The second-order valence-electron chi connectivity index (χ2n) is 10.3. The summed E-state index contributed by atoms with van der Waals surface area (Å²) in [5, 5.41) is 10.1. The van der Waals surface area contributed by atoms with Gasteiger partial charge in [-0.05, 0) is 46.8 Å². The standard InChI is InChI=1S/C24H28BF2N5O4/c1-14-11-30(22(33)34)6-7-31(14)20-19-18(25-35-23(2,3)24(4,5)36-25)12-32(21(19)29-13-28-20)17-9-15(26)8-16(27)10-17/h8-10,12-14H,6-7,11H2,1-5H3,(H,33,34). The third-order valence-corrected chi connectivity index (χ3v) is 7.40. The van der Waals surface area contributed by atoms with Crippen LogP contribution in [0, 0.1) is 11.6 Å². The van der Waals surface area contributed by atoms with Gasteiger partial charge >= 0.3 is 13.2 Å². The van der Waals surface area contributed by atoms with E-state index >= 15 is 0 Å². The third kappa shape index (κ3) is 3.98. The van der Waals surface area contributed by atoms with Gasteiger partial charge in [0, 0.05) is 43.4 Å².